The summed E-state index contributed by atoms with van der Waals surface area (Å²) in [7, 11) is 0. The molecular weight excluding hydrogens is 232 g/mol. The second-order valence-corrected chi connectivity index (χ2v) is 6.08. The first-order valence-electron chi connectivity index (χ1n) is 7.96. The first kappa shape index (κ1) is 13.0. The number of piperidine rings is 1. The number of nitrogens with one attached hydrogen (secondary N) is 1. The fraction of sp³-hybridized carbons (Fsp3) is 0.647. The summed E-state index contributed by atoms with van der Waals surface area (Å²) in [5.74, 6) is 0.999. The van der Waals surface area contributed by atoms with Crippen LogP contribution in [0.1, 0.15) is 38.5 Å². The van der Waals surface area contributed by atoms with Gasteiger partial charge in [0, 0.05) is 24.8 Å². The molecule has 1 heterocycles. The molecule has 19 heavy (non-hydrogen) atoms. The Balaban J connectivity index is 1.49. The van der Waals surface area contributed by atoms with E-state index in [0.717, 1.165) is 18.5 Å². The molecule has 1 saturated heterocycles. The molecule has 2 fully saturated rings. The Morgan fingerprint density at radius 2 is 1.79 bits per heavy atom. The minimum Gasteiger partial charge on any atom is -0.384 e. The summed E-state index contributed by atoms with van der Waals surface area (Å²) in [4.78, 5) is 2.75. The van der Waals surface area contributed by atoms with E-state index in [4.69, 9.17) is 0 Å². The topological polar surface area (TPSA) is 15.3 Å². The van der Waals surface area contributed by atoms with E-state index in [-0.39, 0.29) is 0 Å². The molecule has 0 radical (unpaired) electrons. The Labute approximate surface area is 117 Å². The van der Waals surface area contributed by atoms with Gasteiger partial charge in [-0.25, -0.2) is 0 Å². The average Bonchev–Trinajstić information content (AvgIpc) is 2.49. The predicted molar refractivity (Wildman–Crippen MR) is 81.5 cm³/mol. The Morgan fingerprint density at radius 3 is 2.68 bits per heavy atom. The highest BCUT2D eigenvalue weighted by Gasteiger charge is 2.32. The van der Waals surface area contributed by atoms with Crippen LogP contribution in [0.25, 0.3) is 0 Å². The van der Waals surface area contributed by atoms with Gasteiger partial charge in [-0.3, -0.25) is 4.90 Å². The molecule has 3 rings (SSSR count). The molecule has 1 aliphatic carbocycles. The van der Waals surface area contributed by atoms with Crippen LogP contribution < -0.4 is 5.32 Å². The Hall–Kier alpha value is -1.02. The van der Waals surface area contributed by atoms with Gasteiger partial charge in [0.05, 0.1) is 0 Å². The van der Waals surface area contributed by atoms with Crippen LogP contribution >= 0.6 is 0 Å². The summed E-state index contributed by atoms with van der Waals surface area (Å²) >= 11 is 0. The molecule has 0 bridgehead atoms. The number of fused-ring (bicyclic) bond motifs is 1. The van der Waals surface area contributed by atoms with E-state index in [1.54, 1.807) is 0 Å². The molecule has 1 aromatic rings. The van der Waals surface area contributed by atoms with Crippen molar-refractivity contribution >= 4 is 5.69 Å². The number of rotatable bonds is 4. The van der Waals surface area contributed by atoms with E-state index in [0.29, 0.717) is 0 Å². The van der Waals surface area contributed by atoms with Crippen LogP contribution in [0.4, 0.5) is 5.69 Å². The van der Waals surface area contributed by atoms with Gasteiger partial charge < -0.3 is 5.32 Å². The van der Waals surface area contributed by atoms with Gasteiger partial charge in [0.25, 0.3) is 0 Å². The molecule has 1 aromatic carbocycles. The van der Waals surface area contributed by atoms with E-state index in [2.05, 4.69) is 40.5 Å². The molecule has 1 N–H and O–H groups in total. The third-order valence-electron chi connectivity index (χ3n) is 4.86. The standard InChI is InChI=1S/C17H26N2/c1-2-9-16(10-3-1)18-12-14-19-13-6-8-15-7-4-5-11-17(15)19/h1-3,9-10,15,17-18H,4-8,11-14H2/t15-,17-/m1/s1. The van der Waals surface area contributed by atoms with Gasteiger partial charge in [0.1, 0.15) is 0 Å². The van der Waals surface area contributed by atoms with Crippen LogP contribution in [0.2, 0.25) is 0 Å². The minimum atomic E-state index is 0.889. The number of benzene rings is 1. The van der Waals surface area contributed by atoms with E-state index >= 15 is 0 Å². The first-order chi connectivity index (χ1) is 9.43. The van der Waals surface area contributed by atoms with Crippen LogP contribution in [0.5, 0.6) is 0 Å². The zero-order chi connectivity index (χ0) is 12.9. The largest absolute Gasteiger partial charge is 0.384 e. The maximum absolute atomic E-state index is 3.55. The summed E-state index contributed by atoms with van der Waals surface area (Å²) in [5.41, 5.74) is 1.25. The number of hydrogen-bond donors (Lipinski definition) is 1. The molecule has 2 atom stereocenters. The second-order valence-electron chi connectivity index (χ2n) is 6.08. The fourth-order valence-electron chi connectivity index (χ4n) is 3.91. The quantitative estimate of drug-likeness (QED) is 0.884. The molecule has 2 aliphatic rings. The lowest BCUT2D eigenvalue weighted by Gasteiger charge is -2.44. The van der Waals surface area contributed by atoms with Crippen molar-refractivity contribution in [3.63, 3.8) is 0 Å². The minimum absolute atomic E-state index is 0.889. The molecule has 2 heteroatoms. The SMILES string of the molecule is c1ccc(NCCN2CCC[C@H]3CCCC[C@H]32)cc1. The fourth-order valence-corrected chi connectivity index (χ4v) is 3.91. The molecule has 0 aromatic heterocycles. The van der Waals surface area contributed by atoms with E-state index in [9.17, 15) is 0 Å². The van der Waals surface area contributed by atoms with Gasteiger partial charge >= 0.3 is 0 Å². The Bertz CT molecular complexity index is 374. The third kappa shape index (κ3) is 3.30. The maximum Gasteiger partial charge on any atom is 0.0340 e. The van der Waals surface area contributed by atoms with Crippen LogP contribution in [0, 0.1) is 5.92 Å². The van der Waals surface area contributed by atoms with Gasteiger partial charge in [0.15, 0.2) is 0 Å². The molecule has 1 aliphatic heterocycles. The molecule has 1 saturated carbocycles. The third-order valence-corrected chi connectivity index (χ3v) is 4.86. The van der Waals surface area contributed by atoms with Gasteiger partial charge in [-0.2, -0.15) is 0 Å². The van der Waals surface area contributed by atoms with E-state index in [1.165, 1.54) is 57.3 Å². The van der Waals surface area contributed by atoms with Crippen molar-refractivity contribution in [1.29, 1.82) is 0 Å². The van der Waals surface area contributed by atoms with Crippen molar-refractivity contribution in [2.45, 2.75) is 44.6 Å². The van der Waals surface area contributed by atoms with Gasteiger partial charge in [-0.15, -0.1) is 0 Å². The van der Waals surface area contributed by atoms with Crippen molar-refractivity contribution in [2.75, 3.05) is 25.0 Å². The zero-order valence-corrected chi connectivity index (χ0v) is 11.9. The number of anilines is 1. The van der Waals surface area contributed by atoms with Crippen LogP contribution in [0.3, 0.4) is 0 Å². The smallest absolute Gasteiger partial charge is 0.0340 e. The van der Waals surface area contributed by atoms with Crippen LogP contribution in [0.15, 0.2) is 30.3 Å². The molecule has 2 nitrogen and oxygen atoms in total. The van der Waals surface area contributed by atoms with Crippen molar-refractivity contribution in [3.05, 3.63) is 30.3 Å². The maximum atomic E-state index is 3.55. The van der Waals surface area contributed by atoms with Crippen molar-refractivity contribution in [1.82, 2.24) is 4.90 Å². The highest BCUT2D eigenvalue weighted by molar-refractivity contribution is 5.42. The molecule has 0 amide bonds. The monoisotopic (exact) mass is 258 g/mol. The molecule has 0 spiro atoms. The molecule has 104 valence electrons. The summed E-state index contributed by atoms with van der Waals surface area (Å²) in [6, 6.07) is 11.5. The number of para-hydroxylation sites is 1. The lowest BCUT2D eigenvalue weighted by Crippen LogP contribution is -2.48. The Morgan fingerprint density at radius 1 is 1.00 bits per heavy atom. The van der Waals surface area contributed by atoms with E-state index in [1.807, 2.05) is 0 Å². The van der Waals surface area contributed by atoms with Crippen molar-refractivity contribution in [2.24, 2.45) is 5.92 Å². The van der Waals surface area contributed by atoms with Crippen LogP contribution in [-0.2, 0) is 0 Å². The molecule has 0 unspecified atom stereocenters. The summed E-state index contributed by atoms with van der Waals surface area (Å²) < 4.78 is 0. The highest BCUT2D eigenvalue weighted by atomic mass is 15.2. The molecular formula is C17H26N2. The normalized spacial score (nSPS) is 27.8. The van der Waals surface area contributed by atoms with Gasteiger partial charge in [-0.1, -0.05) is 31.0 Å². The second kappa shape index (κ2) is 6.42. The predicted octanol–water partition coefficient (Wildman–Crippen LogP) is 3.75. The van der Waals surface area contributed by atoms with Gasteiger partial charge in [-0.05, 0) is 50.3 Å². The summed E-state index contributed by atoms with van der Waals surface area (Å²) in [6.07, 6.45) is 8.73. The van der Waals surface area contributed by atoms with Crippen molar-refractivity contribution < 1.29 is 0 Å². The summed E-state index contributed by atoms with van der Waals surface area (Å²) in [5, 5.41) is 3.55. The number of nitrogens with zero attached hydrogens (tertiary/aromatic N) is 1. The number of likely N-dealkylation sites (tertiary alicyclic amines) is 1. The van der Waals surface area contributed by atoms with E-state index < -0.39 is 0 Å². The number of hydrogen-bond acceptors (Lipinski definition) is 2. The first-order valence-corrected chi connectivity index (χ1v) is 7.96. The van der Waals surface area contributed by atoms with Gasteiger partial charge in [0.2, 0.25) is 0 Å². The average molecular weight is 258 g/mol. The van der Waals surface area contributed by atoms with Crippen molar-refractivity contribution in [3.8, 4) is 0 Å². The lowest BCUT2D eigenvalue weighted by molar-refractivity contribution is 0.0645. The Kier molecular flexibility index (Phi) is 4.39. The summed E-state index contributed by atoms with van der Waals surface area (Å²) in [6.45, 7) is 3.60. The zero-order valence-electron chi connectivity index (χ0n) is 11.9. The highest BCUT2D eigenvalue weighted by Crippen LogP contribution is 2.34. The lowest BCUT2D eigenvalue weighted by atomic mass is 9.78. The van der Waals surface area contributed by atoms with Crippen LogP contribution in [-0.4, -0.2) is 30.6 Å².